The lowest BCUT2D eigenvalue weighted by molar-refractivity contribution is -0.121. The average Bonchev–Trinajstić information content (AvgIpc) is 3.07. The minimum Gasteiger partial charge on any atom is -0.495 e. The molecule has 0 unspecified atom stereocenters. The molecule has 3 nitrogen and oxygen atoms in total. The van der Waals surface area contributed by atoms with Crippen LogP contribution in [-0.2, 0) is 10.2 Å². The number of carbonyl (C=O) groups excluding carboxylic acids is 1. The van der Waals surface area contributed by atoms with E-state index < -0.39 is 5.41 Å². The Morgan fingerprint density at radius 1 is 1.17 bits per heavy atom. The van der Waals surface area contributed by atoms with Gasteiger partial charge in [0.05, 0.1) is 18.2 Å². The highest BCUT2D eigenvalue weighted by molar-refractivity contribution is 9.10. The minimum absolute atomic E-state index is 0.00268. The molecular weight excluding hydrogens is 390 g/mol. The third-order valence-electron chi connectivity index (χ3n) is 4.70. The summed E-state index contributed by atoms with van der Waals surface area (Å²) in [6.07, 6.45) is 3.80. The molecule has 5 heteroatoms. The number of carbonyl (C=O) groups is 1. The lowest BCUT2D eigenvalue weighted by Gasteiger charge is -2.28. The van der Waals surface area contributed by atoms with Crippen molar-refractivity contribution < 1.29 is 9.53 Å². The smallest absolute Gasteiger partial charge is 0.235 e. The Balaban J connectivity index is 1.94. The molecule has 0 bridgehead atoms. The molecule has 1 saturated carbocycles. The summed E-state index contributed by atoms with van der Waals surface area (Å²) in [6.45, 7) is 0. The molecule has 2 aromatic carbocycles. The number of ether oxygens (including phenoxy) is 1. The van der Waals surface area contributed by atoms with Crippen LogP contribution in [-0.4, -0.2) is 13.0 Å². The SMILES string of the molecule is COc1ccc(Cl)cc1NC(=O)C1(c2ccc(Br)cc2)CCCC1. The van der Waals surface area contributed by atoms with E-state index in [2.05, 4.69) is 21.2 Å². The zero-order chi connectivity index (χ0) is 17.2. The normalized spacial score (nSPS) is 16.0. The third kappa shape index (κ3) is 3.31. The molecule has 0 spiro atoms. The van der Waals surface area contributed by atoms with Crippen LogP contribution in [0, 0.1) is 0 Å². The summed E-state index contributed by atoms with van der Waals surface area (Å²) < 4.78 is 6.35. The lowest BCUT2D eigenvalue weighted by Crippen LogP contribution is -2.38. The Morgan fingerprint density at radius 3 is 2.46 bits per heavy atom. The summed E-state index contributed by atoms with van der Waals surface area (Å²) in [5, 5.41) is 3.60. The highest BCUT2D eigenvalue weighted by Crippen LogP contribution is 2.43. The number of rotatable bonds is 4. The number of nitrogens with one attached hydrogen (secondary N) is 1. The van der Waals surface area contributed by atoms with Gasteiger partial charge < -0.3 is 10.1 Å². The van der Waals surface area contributed by atoms with Gasteiger partial charge in [0, 0.05) is 9.50 Å². The van der Waals surface area contributed by atoms with E-state index in [4.69, 9.17) is 16.3 Å². The maximum absolute atomic E-state index is 13.2. The van der Waals surface area contributed by atoms with Gasteiger partial charge in [-0.3, -0.25) is 4.79 Å². The lowest BCUT2D eigenvalue weighted by atomic mass is 9.78. The van der Waals surface area contributed by atoms with Crippen LogP contribution in [0.5, 0.6) is 5.75 Å². The Bertz CT molecular complexity index is 740. The fourth-order valence-electron chi connectivity index (χ4n) is 3.41. The van der Waals surface area contributed by atoms with Crippen molar-refractivity contribution in [2.75, 3.05) is 12.4 Å². The van der Waals surface area contributed by atoms with Crippen molar-refractivity contribution in [1.82, 2.24) is 0 Å². The number of amides is 1. The third-order valence-corrected chi connectivity index (χ3v) is 5.46. The van der Waals surface area contributed by atoms with E-state index in [1.54, 1.807) is 25.3 Å². The highest BCUT2D eigenvalue weighted by Gasteiger charge is 2.42. The van der Waals surface area contributed by atoms with E-state index in [1.165, 1.54) is 0 Å². The monoisotopic (exact) mass is 407 g/mol. The molecule has 0 radical (unpaired) electrons. The molecule has 1 amide bonds. The van der Waals surface area contributed by atoms with E-state index in [0.29, 0.717) is 16.5 Å². The second-order valence-electron chi connectivity index (χ2n) is 6.09. The van der Waals surface area contributed by atoms with Gasteiger partial charge in [-0.1, -0.05) is 52.5 Å². The van der Waals surface area contributed by atoms with Gasteiger partial charge in [0.25, 0.3) is 0 Å². The van der Waals surface area contributed by atoms with Crippen molar-refractivity contribution >= 4 is 39.1 Å². The second-order valence-corrected chi connectivity index (χ2v) is 7.45. The fraction of sp³-hybridized carbons (Fsp3) is 0.316. The predicted molar refractivity (Wildman–Crippen MR) is 101 cm³/mol. The molecule has 1 N–H and O–H groups in total. The van der Waals surface area contributed by atoms with Crippen LogP contribution in [0.15, 0.2) is 46.9 Å². The summed E-state index contributed by atoms with van der Waals surface area (Å²) >= 11 is 9.53. The molecule has 0 heterocycles. The summed E-state index contributed by atoms with van der Waals surface area (Å²) in [4.78, 5) is 13.2. The maximum atomic E-state index is 13.2. The number of hydrogen-bond donors (Lipinski definition) is 1. The molecule has 3 rings (SSSR count). The zero-order valence-electron chi connectivity index (χ0n) is 13.4. The molecule has 0 saturated heterocycles. The van der Waals surface area contributed by atoms with Crippen molar-refractivity contribution in [2.45, 2.75) is 31.1 Å². The van der Waals surface area contributed by atoms with E-state index in [9.17, 15) is 4.79 Å². The number of benzene rings is 2. The Morgan fingerprint density at radius 2 is 1.83 bits per heavy atom. The zero-order valence-corrected chi connectivity index (χ0v) is 15.8. The van der Waals surface area contributed by atoms with Crippen LogP contribution in [0.1, 0.15) is 31.2 Å². The highest BCUT2D eigenvalue weighted by atomic mass is 79.9. The molecule has 24 heavy (non-hydrogen) atoms. The van der Waals surface area contributed by atoms with Gasteiger partial charge in [-0.2, -0.15) is 0 Å². The Kier molecular flexibility index (Phi) is 5.16. The number of methoxy groups -OCH3 is 1. The number of hydrogen-bond acceptors (Lipinski definition) is 2. The number of anilines is 1. The standard InChI is InChI=1S/C19H19BrClNO2/c1-24-17-9-8-15(21)12-16(17)22-18(23)19(10-2-3-11-19)13-4-6-14(20)7-5-13/h4-9,12H,2-3,10-11H2,1H3,(H,22,23). The molecule has 1 fully saturated rings. The summed E-state index contributed by atoms with van der Waals surface area (Å²) in [6, 6.07) is 13.3. The van der Waals surface area contributed by atoms with Gasteiger partial charge in [-0.25, -0.2) is 0 Å². The molecule has 126 valence electrons. The first-order chi connectivity index (χ1) is 11.5. The van der Waals surface area contributed by atoms with Gasteiger partial charge in [0.15, 0.2) is 0 Å². The van der Waals surface area contributed by atoms with E-state index >= 15 is 0 Å². The molecule has 1 aliphatic carbocycles. The van der Waals surface area contributed by atoms with Gasteiger partial charge in [0.2, 0.25) is 5.91 Å². The summed E-state index contributed by atoms with van der Waals surface area (Å²) in [7, 11) is 1.58. The van der Waals surface area contributed by atoms with Crippen LogP contribution in [0.2, 0.25) is 5.02 Å². The Hall–Kier alpha value is -1.52. The molecule has 2 aromatic rings. The minimum atomic E-state index is -0.492. The molecule has 0 atom stereocenters. The van der Waals surface area contributed by atoms with Crippen LogP contribution in [0.4, 0.5) is 5.69 Å². The van der Waals surface area contributed by atoms with Crippen molar-refractivity contribution in [2.24, 2.45) is 0 Å². The summed E-state index contributed by atoms with van der Waals surface area (Å²) in [5.41, 5.74) is 1.17. The average molecular weight is 409 g/mol. The van der Waals surface area contributed by atoms with Crippen LogP contribution in [0.3, 0.4) is 0 Å². The van der Waals surface area contributed by atoms with Crippen LogP contribution in [0.25, 0.3) is 0 Å². The quantitative estimate of drug-likeness (QED) is 0.719. The first kappa shape index (κ1) is 17.3. The van der Waals surface area contributed by atoms with Crippen molar-refractivity contribution in [3.63, 3.8) is 0 Å². The first-order valence-corrected chi connectivity index (χ1v) is 9.13. The van der Waals surface area contributed by atoms with E-state index in [0.717, 1.165) is 35.7 Å². The van der Waals surface area contributed by atoms with Gasteiger partial charge in [-0.15, -0.1) is 0 Å². The Labute approximate surface area is 155 Å². The van der Waals surface area contributed by atoms with Crippen molar-refractivity contribution in [1.29, 1.82) is 0 Å². The van der Waals surface area contributed by atoms with E-state index in [1.807, 2.05) is 24.3 Å². The van der Waals surface area contributed by atoms with Gasteiger partial charge in [-0.05, 0) is 48.7 Å². The van der Waals surface area contributed by atoms with Crippen molar-refractivity contribution in [3.8, 4) is 5.75 Å². The second kappa shape index (κ2) is 7.16. The van der Waals surface area contributed by atoms with Gasteiger partial charge in [0.1, 0.15) is 5.75 Å². The van der Waals surface area contributed by atoms with Gasteiger partial charge >= 0.3 is 0 Å². The first-order valence-electron chi connectivity index (χ1n) is 7.96. The van der Waals surface area contributed by atoms with Crippen LogP contribution >= 0.6 is 27.5 Å². The molecule has 0 aromatic heterocycles. The van der Waals surface area contributed by atoms with Crippen LogP contribution < -0.4 is 10.1 Å². The maximum Gasteiger partial charge on any atom is 0.235 e. The molecule has 0 aliphatic heterocycles. The van der Waals surface area contributed by atoms with Crippen molar-refractivity contribution in [3.05, 3.63) is 57.5 Å². The largest absolute Gasteiger partial charge is 0.495 e. The predicted octanol–water partition coefficient (Wildman–Crippen LogP) is 5.56. The summed E-state index contributed by atoms with van der Waals surface area (Å²) in [5.74, 6) is 0.611. The molecule has 1 aliphatic rings. The molecular formula is C19H19BrClNO2. The fourth-order valence-corrected chi connectivity index (χ4v) is 3.85. The topological polar surface area (TPSA) is 38.3 Å². The number of halogens is 2. The van der Waals surface area contributed by atoms with E-state index in [-0.39, 0.29) is 5.91 Å².